The number of amides is 1. The Bertz CT molecular complexity index is 406. The van der Waals surface area contributed by atoms with Gasteiger partial charge in [-0.2, -0.15) is 0 Å². The monoisotopic (exact) mass is 234 g/mol. The van der Waals surface area contributed by atoms with Gasteiger partial charge in [0, 0.05) is 25.4 Å². The minimum Gasteiger partial charge on any atom is -0.384 e. The number of carbonyl (C=O) groups excluding carboxylic acids is 1. The SMILES string of the molecule is COCCC(=O)N1CC(N)Cc2ccccc21. The number of fused-ring (bicyclic) bond motifs is 1. The second kappa shape index (κ2) is 5.29. The lowest BCUT2D eigenvalue weighted by Gasteiger charge is -2.33. The zero-order chi connectivity index (χ0) is 12.3. The largest absolute Gasteiger partial charge is 0.384 e. The molecule has 0 fully saturated rings. The van der Waals surface area contributed by atoms with Gasteiger partial charge in [0.05, 0.1) is 13.0 Å². The molecule has 0 bridgehead atoms. The van der Waals surface area contributed by atoms with Gasteiger partial charge in [0.15, 0.2) is 0 Å². The molecule has 0 aromatic heterocycles. The number of methoxy groups -OCH3 is 1. The number of nitrogens with zero attached hydrogens (tertiary/aromatic N) is 1. The lowest BCUT2D eigenvalue weighted by atomic mass is 9.98. The molecule has 1 aromatic rings. The van der Waals surface area contributed by atoms with Crippen molar-refractivity contribution in [2.75, 3.05) is 25.2 Å². The summed E-state index contributed by atoms with van der Waals surface area (Å²) in [6, 6.07) is 7.97. The van der Waals surface area contributed by atoms with Gasteiger partial charge >= 0.3 is 0 Å². The van der Waals surface area contributed by atoms with Gasteiger partial charge in [-0.05, 0) is 18.1 Å². The second-order valence-corrected chi connectivity index (χ2v) is 4.34. The third-order valence-corrected chi connectivity index (χ3v) is 3.00. The molecule has 92 valence electrons. The molecule has 0 radical (unpaired) electrons. The van der Waals surface area contributed by atoms with Crippen molar-refractivity contribution < 1.29 is 9.53 Å². The highest BCUT2D eigenvalue weighted by Gasteiger charge is 2.25. The minimum atomic E-state index is 0.0244. The van der Waals surface area contributed by atoms with Crippen LogP contribution in [0.5, 0.6) is 0 Å². The summed E-state index contributed by atoms with van der Waals surface area (Å²) >= 11 is 0. The van der Waals surface area contributed by atoms with Crippen molar-refractivity contribution in [2.45, 2.75) is 18.9 Å². The molecule has 0 saturated heterocycles. The molecule has 2 N–H and O–H groups in total. The van der Waals surface area contributed by atoms with E-state index >= 15 is 0 Å². The summed E-state index contributed by atoms with van der Waals surface area (Å²) in [5.41, 5.74) is 8.13. The molecule has 2 rings (SSSR count). The smallest absolute Gasteiger partial charge is 0.229 e. The zero-order valence-corrected chi connectivity index (χ0v) is 10.1. The molecule has 1 aromatic carbocycles. The fraction of sp³-hybridized carbons (Fsp3) is 0.462. The average molecular weight is 234 g/mol. The minimum absolute atomic E-state index is 0.0244. The molecule has 0 aliphatic carbocycles. The molecule has 1 atom stereocenters. The van der Waals surface area contributed by atoms with Gasteiger partial charge in [-0.15, -0.1) is 0 Å². The highest BCUT2D eigenvalue weighted by Crippen LogP contribution is 2.26. The predicted molar refractivity (Wildman–Crippen MR) is 67.0 cm³/mol. The van der Waals surface area contributed by atoms with Crippen molar-refractivity contribution in [3.05, 3.63) is 29.8 Å². The van der Waals surface area contributed by atoms with E-state index in [9.17, 15) is 4.79 Å². The molecule has 1 amide bonds. The van der Waals surface area contributed by atoms with Crippen LogP contribution < -0.4 is 10.6 Å². The third kappa shape index (κ3) is 2.65. The summed E-state index contributed by atoms with van der Waals surface area (Å²) in [7, 11) is 1.60. The fourth-order valence-corrected chi connectivity index (χ4v) is 2.19. The van der Waals surface area contributed by atoms with Gasteiger partial charge in [-0.25, -0.2) is 0 Å². The normalized spacial score (nSPS) is 18.9. The van der Waals surface area contributed by atoms with Crippen LogP contribution in [0.3, 0.4) is 0 Å². The van der Waals surface area contributed by atoms with E-state index in [1.807, 2.05) is 24.3 Å². The van der Waals surface area contributed by atoms with E-state index in [0.717, 1.165) is 17.7 Å². The van der Waals surface area contributed by atoms with Gasteiger partial charge in [-0.1, -0.05) is 18.2 Å². The Hall–Kier alpha value is -1.39. The van der Waals surface area contributed by atoms with E-state index in [-0.39, 0.29) is 11.9 Å². The number of benzene rings is 1. The second-order valence-electron chi connectivity index (χ2n) is 4.34. The zero-order valence-electron chi connectivity index (χ0n) is 10.1. The highest BCUT2D eigenvalue weighted by molar-refractivity contribution is 5.94. The number of nitrogens with two attached hydrogens (primary N) is 1. The number of rotatable bonds is 3. The number of carbonyl (C=O) groups is 1. The van der Waals surface area contributed by atoms with E-state index in [4.69, 9.17) is 10.5 Å². The lowest BCUT2D eigenvalue weighted by Crippen LogP contribution is -2.46. The molecular weight excluding hydrogens is 216 g/mol. The molecule has 0 saturated carbocycles. The van der Waals surface area contributed by atoms with Crippen LogP contribution in [-0.4, -0.2) is 32.2 Å². The number of hydrogen-bond donors (Lipinski definition) is 1. The quantitative estimate of drug-likeness (QED) is 0.846. The molecular formula is C13H18N2O2. The predicted octanol–water partition coefficient (Wildman–Crippen LogP) is 0.940. The van der Waals surface area contributed by atoms with Crippen molar-refractivity contribution in [1.82, 2.24) is 0 Å². The van der Waals surface area contributed by atoms with Crippen LogP contribution in [0.1, 0.15) is 12.0 Å². The maximum Gasteiger partial charge on any atom is 0.229 e. The van der Waals surface area contributed by atoms with Crippen LogP contribution in [-0.2, 0) is 16.0 Å². The van der Waals surface area contributed by atoms with Gasteiger partial charge in [0.25, 0.3) is 0 Å². The first-order chi connectivity index (χ1) is 8.22. The Morgan fingerprint density at radius 1 is 1.53 bits per heavy atom. The van der Waals surface area contributed by atoms with E-state index in [2.05, 4.69) is 0 Å². The first-order valence-electron chi connectivity index (χ1n) is 5.85. The molecule has 4 nitrogen and oxygen atoms in total. The van der Waals surface area contributed by atoms with Crippen LogP contribution >= 0.6 is 0 Å². The van der Waals surface area contributed by atoms with E-state index in [1.165, 1.54) is 0 Å². The number of ether oxygens (including phenoxy) is 1. The summed E-state index contributed by atoms with van der Waals surface area (Å²) in [6.45, 7) is 1.05. The number of hydrogen-bond acceptors (Lipinski definition) is 3. The maximum absolute atomic E-state index is 12.1. The Kier molecular flexibility index (Phi) is 3.76. The molecule has 1 aliphatic heterocycles. The molecule has 4 heteroatoms. The van der Waals surface area contributed by atoms with Gasteiger partial charge in [0.1, 0.15) is 0 Å². The molecule has 1 heterocycles. The summed E-state index contributed by atoms with van der Waals surface area (Å²) in [6.07, 6.45) is 1.24. The van der Waals surface area contributed by atoms with E-state index in [0.29, 0.717) is 19.6 Å². The van der Waals surface area contributed by atoms with Crippen LogP contribution in [0.2, 0.25) is 0 Å². The van der Waals surface area contributed by atoms with Crippen molar-refractivity contribution >= 4 is 11.6 Å². The molecule has 1 aliphatic rings. The Morgan fingerprint density at radius 2 is 2.29 bits per heavy atom. The van der Waals surface area contributed by atoms with Gasteiger partial charge in [-0.3, -0.25) is 4.79 Å². The van der Waals surface area contributed by atoms with E-state index in [1.54, 1.807) is 12.0 Å². The van der Waals surface area contributed by atoms with Crippen molar-refractivity contribution in [2.24, 2.45) is 5.73 Å². The summed E-state index contributed by atoms with van der Waals surface area (Å²) in [4.78, 5) is 13.8. The Morgan fingerprint density at radius 3 is 3.06 bits per heavy atom. The summed E-state index contributed by atoms with van der Waals surface area (Å²) < 4.78 is 4.94. The molecule has 1 unspecified atom stereocenters. The van der Waals surface area contributed by atoms with Gasteiger partial charge in [0.2, 0.25) is 5.91 Å². The van der Waals surface area contributed by atoms with Crippen molar-refractivity contribution in [1.29, 1.82) is 0 Å². The first kappa shape index (κ1) is 12.1. The topological polar surface area (TPSA) is 55.6 Å². The lowest BCUT2D eigenvalue weighted by molar-refractivity contribution is -0.119. The van der Waals surface area contributed by atoms with Crippen LogP contribution in [0.15, 0.2) is 24.3 Å². The molecule has 17 heavy (non-hydrogen) atoms. The first-order valence-corrected chi connectivity index (χ1v) is 5.85. The van der Waals surface area contributed by atoms with Crippen molar-refractivity contribution in [3.8, 4) is 0 Å². The standard InChI is InChI=1S/C13H18N2O2/c1-17-7-6-13(16)15-9-11(14)8-10-4-2-3-5-12(10)15/h2-5,11H,6-9,14H2,1H3. The van der Waals surface area contributed by atoms with E-state index < -0.39 is 0 Å². The summed E-state index contributed by atoms with van der Waals surface area (Å²) in [5, 5.41) is 0. The average Bonchev–Trinajstić information content (AvgIpc) is 2.34. The van der Waals surface area contributed by atoms with Crippen molar-refractivity contribution in [3.63, 3.8) is 0 Å². The molecule has 0 spiro atoms. The van der Waals surface area contributed by atoms with Crippen LogP contribution in [0.4, 0.5) is 5.69 Å². The Labute approximate surface area is 101 Å². The number of anilines is 1. The van der Waals surface area contributed by atoms with Gasteiger partial charge < -0.3 is 15.4 Å². The van der Waals surface area contributed by atoms with Crippen LogP contribution in [0.25, 0.3) is 0 Å². The van der Waals surface area contributed by atoms with Crippen LogP contribution in [0, 0.1) is 0 Å². The Balaban J connectivity index is 2.20. The highest BCUT2D eigenvalue weighted by atomic mass is 16.5. The fourth-order valence-electron chi connectivity index (χ4n) is 2.19. The summed E-state index contributed by atoms with van der Waals surface area (Å²) in [5.74, 6) is 0.0782. The number of para-hydroxylation sites is 1. The third-order valence-electron chi connectivity index (χ3n) is 3.00. The maximum atomic E-state index is 12.1.